The van der Waals surface area contributed by atoms with Crippen molar-refractivity contribution < 1.29 is 9.90 Å². The number of anilines is 1. The highest BCUT2D eigenvalue weighted by molar-refractivity contribution is 9.10. The van der Waals surface area contributed by atoms with Crippen molar-refractivity contribution in [3.8, 4) is 0 Å². The van der Waals surface area contributed by atoms with Crippen molar-refractivity contribution in [2.75, 3.05) is 12.3 Å². The van der Waals surface area contributed by atoms with Crippen LogP contribution in [0.1, 0.15) is 42.5 Å². The zero-order valence-corrected chi connectivity index (χ0v) is 12.4. The predicted octanol–water partition coefficient (Wildman–Crippen LogP) is 2.46. The van der Waals surface area contributed by atoms with Crippen LogP contribution >= 0.6 is 15.9 Å². The summed E-state index contributed by atoms with van der Waals surface area (Å²) in [7, 11) is 0. The van der Waals surface area contributed by atoms with Gasteiger partial charge >= 0.3 is 0 Å². The number of nitrogens with one attached hydrogen (secondary N) is 1. The molecule has 0 aromatic heterocycles. The Morgan fingerprint density at radius 1 is 1.37 bits per heavy atom. The summed E-state index contributed by atoms with van der Waals surface area (Å²) in [4.78, 5) is 12.3. The molecule has 0 spiro atoms. The van der Waals surface area contributed by atoms with E-state index in [0.717, 1.165) is 25.7 Å². The van der Waals surface area contributed by atoms with Crippen LogP contribution in [0, 0.1) is 0 Å². The number of aliphatic hydroxyl groups excluding tert-OH is 1. The summed E-state index contributed by atoms with van der Waals surface area (Å²) in [6.07, 6.45) is 4.90. The molecule has 0 saturated heterocycles. The third kappa shape index (κ3) is 3.09. The van der Waals surface area contributed by atoms with Crippen molar-refractivity contribution in [1.82, 2.24) is 5.32 Å². The van der Waals surface area contributed by atoms with Crippen molar-refractivity contribution in [3.63, 3.8) is 0 Å². The fourth-order valence-electron chi connectivity index (χ4n) is 2.58. The Balaban J connectivity index is 2.17. The molecule has 1 saturated carbocycles. The van der Waals surface area contributed by atoms with E-state index in [1.807, 2.05) is 0 Å². The van der Waals surface area contributed by atoms with E-state index in [-0.39, 0.29) is 12.5 Å². The lowest BCUT2D eigenvalue weighted by molar-refractivity contribution is 0.0758. The molecule has 0 aliphatic heterocycles. The van der Waals surface area contributed by atoms with E-state index in [2.05, 4.69) is 21.2 Å². The molecule has 1 aliphatic carbocycles. The Kier molecular flexibility index (Phi) is 4.47. The number of hydrogen-bond donors (Lipinski definition) is 3. The van der Waals surface area contributed by atoms with Gasteiger partial charge in [0.1, 0.15) is 0 Å². The zero-order valence-electron chi connectivity index (χ0n) is 10.8. The molecule has 0 unspecified atom stereocenters. The maximum atomic E-state index is 12.3. The molecule has 1 aromatic carbocycles. The quantitative estimate of drug-likeness (QED) is 0.747. The second kappa shape index (κ2) is 5.92. The second-order valence-corrected chi connectivity index (χ2v) is 5.96. The first-order chi connectivity index (χ1) is 9.08. The third-order valence-corrected chi connectivity index (χ3v) is 4.65. The standard InChI is InChI=1S/C14H19BrN2O2/c15-12-10(5-4-6-11(12)16)13(19)17-14(9-18)7-2-1-3-8-14/h4-6,18H,1-3,7-9,16H2,(H,17,19). The summed E-state index contributed by atoms with van der Waals surface area (Å²) in [6.45, 7) is -0.0152. The van der Waals surface area contributed by atoms with Crippen LogP contribution in [0.25, 0.3) is 0 Å². The number of halogens is 1. The van der Waals surface area contributed by atoms with Gasteiger partial charge in [-0.05, 0) is 40.9 Å². The summed E-state index contributed by atoms with van der Waals surface area (Å²) in [5, 5.41) is 12.6. The third-order valence-electron chi connectivity index (χ3n) is 3.77. The van der Waals surface area contributed by atoms with Crippen LogP contribution in [0.4, 0.5) is 5.69 Å². The molecule has 0 atom stereocenters. The van der Waals surface area contributed by atoms with Gasteiger partial charge in [-0.15, -0.1) is 0 Å². The topological polar surface area (TPSA) is 75.4 Å². The van der Waals surface area contributed by atoms with Crippen molar-refractivity contribution >= 4 is 27.5 Å². The number of carbonyl (C=O) groups excluding carboxylic acids is 1. The summed E-state index contributed by atoms with van der Waals surface area (Å²) >= 11 is 3.34. The SMILES string of the molecule is Nc1cccc(C(=O)NC2(CO)CCCCC2)c1Br. The van der Waals surface area contributed by atoms with Gasteiger partial charge in [0.25, 0.3) is 5.91 Å². The fourth-order valence-corrected chi connectivity index (χ4v) is 3.03. The lowest BCUT2D eigenvalue weighted by Gasteiger charge is -2.36. The molecule has 4 nitrogen and oxygen atoms in total. The van der Waals surface area contributed by atoms with Crippen LogP contribution in [0.15, 0.2) is 22.7 Å². The number of carbonyl (C=O) groups is 1. The van der Waals surface area contributed by atoms with E-state index in [1.54, 1.807) is 18.2 Å². The summed E-state index contributed by atoms with van der Waals surface area (Å²) in [5.41, 5.74) is 6.36. The number of nitrogen functional groups attached to an aromatic ring is 1. The van der Waals surface area contributed by atoms with Gasteiger partial charge in [-0.2, -0.15) is 0 Å². The summed E-state index contributed by atoms with van der Waals surface area (Å²) in [6, 6.07) is 5.22. The first-order valence-electron chi connectivity index (χ1n) is 6.55. The first-order valence-corrected chi connectivity index (χ1v) is 7.35. The number of benzene rings is 1. The molecule has 1 aromatic rings. The molecular weight excluding hydrogens is 308 g/mol. The van der Waals surface area contributed by atoms with E-state index in [0.29, 0.717) is 15.7 Å². The van der Waals surface area contributed by atoms with Gasteiger partial charge < -0.3 is 16.2 Å². The number of amides is 1. The molecule has 0 heterocycles. The largest absolute Gasteiger partial charge is 0.398 e. The van der Waals surface area contributed by atoms with Crippen molar-refractivity contribution in [3.05, 3.63) is 28.2 Å². The molecule has 19 heavy (non-hydrogen) atoms. The predicted molar refractivity (Wildman–Crippen MR) is 78.9 cm³/mol. The summed E-state index contributed by atoms with van der Waals surface area (Å²) < 4.78 is 0.608. The molecule has 1 fully saturated rings. The van der Waals surface area contributed by atoms with Crippen LogP contribution in [0.3, 0.4) is 0 Å². The van der Waals surface area contributed by atoms with Crippen LogP contribution in [0.2, 0.25) is 0 Å². The average Bonchev–Trinajstić information content (AvgIpc) is 2.42. The number of aliphatic hydroxyl groups is 1. The van der Waals surface area contributed by atoms with Gasteiger partial charge in [-0.3, -0.25) is 4.79 Å². The van der Waals surface area contributed by atoms with E-state index < -0.39 is 5.54 Å². The fraction of sp³-hybridized carbons (Fsp3) is 0.500. The Morgan fingerprint density at radius 3 is 2.68 bits per heavy atom. The second-order valence-electron chi connectivity index (χ2n) is 5.16. The highest BCUT2D eigenvalue weighted by atomic mass is 79.9. The average molecular weight is 327 g/mol. The van der Waals surface area contributed by atoms with Crippen LogP contribution < -0.4 is 11.1 Å². The van der Waals surface area contributed by atoms with Crippen LogP contribution in [0.5, 0.6) is 0 Å². The van der Waals surface area contributed by atoms with E-state index in [9.17, 15) is 9.90 Å². The molecular formula is C14H19BrN2O2. The Labute approximate surface area is 121 Å². The van der Waals surface area contributed by atoms with Gasteiger partial charge in [0.2, 0.25) is 0 Å². The lowest BCUT2D eigenvalue weighted by atomic mass is 9.82. The van der Waals surface area contributed by atoms with Gasteiger partial charge in [0.05, 0.1) is 22.2 Å². The maximum Gasteiger partial charge on any atom is 0.253 e. The van der Waals surface area contributed by atoms with Crippen molar-refractivity contribution in [1.29, 1.82) is 0 Å². The van der Waals surface area contributed by atoms with Gasteiger partial charge in [0, 0.05) is 5.69 Å². The maximum absolute atomic E-state index is 12.3. The van der Waals surface area contributed by atoms with Crippen LogP contribution in [-0.4, -0.2) is 23.2 Å². The monoisotopic (exact) mass is 326 g/mol. The van der Waals surface area contributed by atoms with Crippen molar-refractivity contribution in [2.24, 2.45) is 0 Å². The Hall–Kier alpha value is -1.07. The van der Waals surface area contributed by atoms with E-state index in [1.165, 1.54) is 6.42 Å². The normalized spacial score (nSPS) is 18.0. The van der Waals surface area contributed by atoms with Gasteiger partial charge in [-0.1, -0.05) is 25.3 Å². The molecule has 1 aliphatic rings. The molecule has 2 rings (SSSR count). The van der Waals surface area contributed by atoms with E-state index >= 15 is 0 Å². The Bertz CT molecular complexity index is 471. The van der Waals surface area contributed by atoms with Crippen molar-refractivity contribution in [2.45, 2.75) is 37.6 Å². The number of nitrogens with two attached hydrogens (primary N) is 1. The smallest absolute Gasteiger partial charge is 0.253 e. The van der Waals surface area contributed by atoms with Gasteiger partial charge in [0.15, 0.2) is 0 Å². The highest BCUT2D eigenvalue weighted by Crippen LogP contribution is 2.29. The molecule has 0 bridgehead atoms. The lowest BCUT2D eigenvalue weighted by Crippen LogP contribution is -2.52. The molecule has 1 amide bonds. The molecule has 0 radical (unpaired) electrons. The van der Waals surface area contributed by atoms with E-state index in [4.69, 9.17) is 5.73 Å². The zero-order chi connectivity index (χ0) is 13.9. The summed E-state index contributed by atoms with van der Waals surface area (Å²) in [5.74, 6) is -0.185. The molecule has 4 N–H and O–H groups in total. The molecule has 104 valence electrons. The van der Waals surface area contributed by atoms with Crippen LogP contribution in [-0.2, 0) is 0 Å². The minimum Gasteiger partial charge on any atom is -0.398 e. The number of rotatable bonds is 3. The highest BCUT2D eigenvalue weighted by Gasteiger charge is 2.33. The minimum atomic E-state index is -0.473. The number of hydrogen-bond acceptors (Lipinski definition) is 3. The first kappa shape index (κ1) is 14.3. The van der Waals surface area contributed by atoms with Gasteiger partial charge in [-0.25, -0.2) is 0 Å². The minimum absolute atomic E-state index is 0.0152. The Morgan fingerprint density at radius 2 is 2.05 bits per heavy atom. The molecule has 5 heteroatoms.